The van der Waals surface area contributed by atoms with Crippen LogP contribution in [0.5, 0.6) is 0 Å². The lowest BCUT2D eigenvalue weighted by atomic mass is 9.65. The van der Waals surface area contributed by atoms with Crippen molar-refractivity contribution in [3.05, 3.63) is 47.6 Å². The fourth-order valence-electron chi connectivity index (χ4n) is 6.02. The molecule has 0 spiro atoms. The van der Waals surface area contributed by atoms with Crippen molar-refractivity contribution in [3.63, 3.8) is 0 Å². The Balaban J connectivity index is 2.20. The normalized spacial score (nSPS) is 34.3. The molecule has 2 aliphatic rings. The van der Waals surface area contributed by atoms with E-state index >= 15 is 0 Å². The molecule has 2 rings (SSSR count). The van der Waals surface area contributed by atoms with E-state index in [1.165, 1.54) is 42.4 Å². The van der Waals surface area contributed by atoms with Gasteiger partial charge in [0.15, 0.2) is 0 Å². The van der Waals surface area contributed by atoms with Crippen molar-refractivity contribution in [1.82, 2.24) is 0 Å². The molecule has 170 valence electrons. The van der Waals surface area contributed by atoms with E-state index in [1.54, 1.807) is 0 Å². The first-order valence-corrected chi connectivity index (χ1v) is 12.5. The lowest BCUT2D eigenvalue weighted by Gasteiger charge is -2.40. The highest BCUT2D eigenvalue weighted by Crippen LogP contribution is 2.56. The van der Waals surface area contributed by atoms with E-state index in [4.69, 9.17) is 0 Å². The quantitative estimate of drug-likeness (QED) is 0.398. The summed E-state index contributed by atoms with van der Waals surface area (Å²) in [5.74, 6) is 3.39. The first-order chi connectivity index (χ1) is 14.1. The van der Waals surface area contributed by atoms with E-state index in [0.717, 1.165) is 25.2 Å². The summed E-state index contributed by atoms with van der Waals surface area (Å²) < 4.78 is 0. The Morgan fingerprint density at radius 3 is 2.50 bits per heavy atom. The molecule has 1 heteroatoms. The third-order valence-electron chi connectivity index (χ3n) is 8.39. The third-order valence-corrected chi connectivity index (χ3v) is 8.39. The molecule has 6 unspecified atom stereocenters. The SMILES string of the molecule is C=C1CCC(O)C/C1=C/C=C(\C)C1CCC(C(C)/C=C/C(C)C(C)C)C1(C)CCC. The molecule has 2 saturated carbocycles. The van der Waals surface area contributed by atoms with Gasteiger partial charge in [-0.25, -0.2) is 0 Å². The van der Waals surface area contributed by atoms with Gasteiger partial charge in [-0.3, -0.25) is 0 Å². The summed E-state index contributed by atoms with van der Waals surface area (Å²) in [5.41, 5.74) is 4.34. The molecule has 30 heavy (non-hydrogen) atoms. The van der Waals surface area contributed by atoms with E-state index in [0.29, 0.717) is 29.1 Å². The first kappa shape index (κ1) is 25.2. The van der Waals surface area contributed by atoms with Crippen LogP contribution < -0.4 is 0 Å². The molecule has 0 saturated heterocycles. The van der Waals surface area contributed by atoms with Crippen molar-refractivity contribution >= 4 is 0 Å². The van der Waals surface area contributed by atoms with E-state index < -0.39 is 0 Å². The Bertz CT molecular complexity index is 664. The Labute approximate surface area is 187 Å². The molecule has 0 aromatic rings. The van der Waals surface area contributed by atoms with Gasteiger partial charge >= 0.3 is 0 Å². The second-order valence-electron chi connectivity index (χ2n) is 10.9. The molecule has 0 aromatic carbocycles. The van der Waals surface area contributed by atoms with Crippen molar-refractivity contribution in [2.75, 3.05) is 0 Å². The standard InChI is InChI=1S/C29H48O/c1-9-18-29(8)27(23(6)11-10-21(4)20(2)3)16-17-28(29)24(7)12-14-25-19-26(30)15-13-22(25)5/h10-12,14,20-21,23,26-28,30H,5,9,13,15-19H2,1-4,6-8H3/b11-10+,24-12+,25-14-. The number of hydrogen-bond acceptors (Lipinski definition) is 1. The maximum atomic E-state index is 10.0. The maximum absolute atomic E-state index is 10.0. The molecule has 2 aliphatic carbocycles. The Kier molecular flexibility index (Phi) is 9.22. The van der Waals surface area contributed by atoms with E-state index in [1.807, 2.05) is 0 Å². The Morgan fingerprint density at radius 2 is 1.87 bits per heavy atom. The van der Waals surface area contributed by atoms with Crippen LogP contribution in [0.15, 0.2) is 47.6 Å². The molecular formula is C29H48O. The van der Waals surface area contributed by atoms with Gasteiger partial charge in [0.25, 0.3) is 0 Å². The van der Waals surface area contributed by atoms with Gasteiger partial charge in [-0.1, -0.05) is 90.0 Å². The molecule has 1 N–H and O–H groups in total. The van der Waals surface area contributed by atoms with Crippen molar-refractivity contribution in [1.29, 1.82) is 0 Å². The molecule has 0 aliphatic heterocycles. The highest BCUT2D eigenvalue weighted by atomic mass is 16.3. The lowest BCUT2D eigenvalue weighted by Crippen LogP contribution is -2.32. The third kappa shape index (κ3) is 6.00. The van der Waals surface area contributed by atoms with Gasteiger partial charge in [0, 0.05) is 0 Å². The van der Waals surface area contributed by atoms with Crippen molar-refractivity contribution < 1.29 is 5.11 Å². The maximum Gasteiger partial charge on any atom is 0.0583 e. The molecule has 0 heterocycles. The van der Waals surface area contributed by atoms with Crippen LogP contribution >= 0.6 is 0 Å². The fraction of sp³-hybridized carbons (Fsp3) is 0.724. The zero-order valence-electron chi connectivity index (χ0n) is 20.9. The summed E-state index contributed by atoms with van der Waals surface area (Å²) in [6.45, 7) is 20.9. The van der Waals surface area contributed by atoms with Crippen LogP contribution in [-0.2, 0) is 0 Å². The second kappa shape index (κ2) is 11.0. The van der Waals surface area contributed by atoms with Crippen molar-refractivity contribution in [3.8, 4) is 0 Å². The van der Waals surface area contributed by atoms with Crippen molar-refractivity contribution in [2.24, 2.45) is 35.0 Å². The Morgan fingerprint density at radius 1 is 1.17 bits per heavy atom. The second-order valence-corrected chi connectivity index (χ2v) is 10.9. The molecule has 6 atom stereocenters. The van der Waals surface area contributed by atoms with E-state index in [9.17, 15) is 5.11 Å². The summed E-state index contributed by atoms with van der Waals surface area (Å²) in [4.78, 5) is 0. The summed E-state index contributed by atoms with van der Waals surface area (Å²) in [6.07, 6.45) is 17.1. The molecular weight excluding hydrogens is 364 g/mol. The van der Waals surface area contributed by atoms with Crippen LogP contribution in [0, 0.1) is 35.0 Å². The zero-order chi connectivity index (χ0) is 22.5. The van der Waals surface area contributed by atoms with Crippen molar-refractivity contribution in [2.45, 2.75) is 99.5 Å². The topological polar surface area (TPSA) is 20.2 Å². The van der Waals surface area contributed by atoms with Gasteiger partial charge < -0.3 is 5.11 Å². The Hall–Kier alpha value is -1.08. The predicted octanol–water partition coefficient (Wildman–Crippen LogP) is 8.28. The minimum atomic E-state index is -0.197. The largest absolute Gasteiger partial charge is 0.393 e. The van der Waals surface area contributed by atoms with Gasteiger partial charge in [-0.15, -0.1) is 0 Å². The van der Waals surface area contributed by atoms with E-state index in [-0.39, 0.29) is 6.10 Å². The van der Waals surface area contributed by atoms with Gasteiger partial charge in [0.05, 0.1) is 6.10 Å². The van der Waals surface area contributed by atoms with Crippen LogP contribution in [-0.4, -0.2) is 11.2 Å². The van der Waals surface area contributed by atoms with E-state index in [2.05, 4.69) is 79.3 Å². The summed E-state index contributed by atoms with van der Waals surface area (Å²) in [7, 11) is 0. The first-order valence-electron chi connectivity index (χ1n) is 12.5. The molecule has 0 bridgehead atoms. The highest BCUT2D eigenvalue weighted by molar-refractivity contribution is 5.35. The monoisotopic (exact) mass is 412 g/mol. The molecule has 0 aromatic heterocycles. The molecule has 1 nitrogen and oxygen atoms in total. The lowest BCUT2D eigenvalue weighted by molar-refractivity contribution is 0.132. The average molecular weight is 413 g/mol. The van der Waals surface area contributed by atoms with Crippen LogP contribution in [0.1, 0.15) is 93.4 Å². The number of allylic oxidation sites excluding steroid dienone is 6. The number of rotatable bonds is 8. The average Bonchev–Trinajstić information content (AvgIpc) is 3.03. The van der Waals surface area contributed by atoms with Gasteiger partial charge in [0.2, 0.25) is 0 Å². The van der Waals surface area contributed by atoms with Gasteiger partial charge in [-0.05, 0) is 86.0 Å². The molecule has 0 radical (unpaired) electrons. The summed E-state index contributed by atoms with van der Waals surface area (Å²) in [5, 5.41) is 10.0. The molecule has 2 fully saturated rings. The summed E-state index contributed by atoms with van der Waals surface area (Å²) >= 11 is 0. The zero-order valence-corrected chi connectivity index (χ0v) is 20.9. The van der Waals surface area contributed by atoms with Crippen LogP contribution in [0.25, 0.3) is 0 Å². The van der Waals surface area contributed by atoms with Gasteiger partial charge in [-0.2, -0.15) is 0 Å². The van der Waals surface area contributed by atoms with Gasteiger partial charge in [0.1, 0.15) is 0 Å². The summed E-state index contributed by atoms with van der Waals surface area (Å²) in [6, 6.07) is 0. The predicted molar refractivity (Wildman–Crippen MR) is 132 cm³/mol. The minimum Gasteiger partial charge on any atom is -0.393 e. The smallest absolute Gasteiger partial charge is 0.0583 e. The number of aliphatic hydroxyl groups is 1. The van der Waals surface area contributed by atoms with Crippen LogP contribution in [0.4, 0.5) is 0 Å². The number of aliphatic hydroxyl groups excluding tert-OH is 1. The fourth-order valence-corrected chi connectivity index (χ4v) is 6.02. The minimum absolute atomic E-state index is 0.197. The number of hydrogen-bond donors (Lipinski definition) is 1. The highest BCUT2D eigenvalue weighted by Gasteiger charge is 2.47. The van der Waals surface area contributed by atoms with Crippen LogP contribution in [0.2, 0.25) is 0 Å². The van der Waals surface area contributed by atoms with Crippen LogP contribution in [0.3, 0.4) is 0 Å². The molecule has 0 amide bonds.